The molecule has 0 aromatic heterocycles. The second-order valence-electron chi connectivity index (χ2n) is 10.3. The van der Waals surface area contributed by atoms with E-state index in [1.165, 1.54) is 18.3 Å². The van der Waals surface area contributed by atoms with Crippen LogP contribution in [0.4, 0.5) is 0 Å². The summed E-state index contributed by atoms with van der Waals surface area (Å²) in [5, 5.41) is 0.511. The van der Waals surface area contributed by atoms with Gasteiger partial charge in [0.25, 0.3) is 0 Å². The number of likely N-dealkylation sites (tertiary alicyclic amines) is 1. The van der Waals surface area contributed by atoms with E-state index in [1.54, 1.807) is 23.1 Å². The Bertz CT molecular complexity index is 1200. The Kier molecular flexibility index (Phi) is 10.3. The molecule has 2 amide bonds. The minimum absolute atomic E-state index is 0.0329. The number of allylic oxidation sites excluding steroid dienone is 1. The van der Waals surface area contributed by atoms with E-state index in [9.17, 15) is 18.0 Å². The van der Waals surface area contributed by atoms with Gasteiger partial charge in [0.15, 0.2) is 5.72 Å². The summed E-state index contributed by atoms with van der Waals surface area (Å²) in [5.74, 6) is -0.190. The van der Waals surface area contributed by atoms with Crippen molar-refractivity contribution in [2.45, 2.75) is 71.6 Å². The predicted molar refractivity (Wildman–Crippen MR) is 153 cm³/mol. The van der Waals surface area contributed by atoms with E-state index in [4.69, 9.17) is 21.1 Å². The number of amides is 2. The third-order valence-corrected chi connectivity index (χ3v) is 9.69. The number of halogens is 1. The molecule has 3 saturated heterocycles. The molecule has 1 atom stereocenters. The summed E-state index contributed by atoms with van der Waals surface area (Å²) in [6.45, 7) is 10.6. The average molecular weight is 584 g/mol. The van der Waals surface area contributed by atoms with Gasteiger partial charge in [-0.2, -0.15) is 4.31 Å². The molecule has 0 radical (unpaired) electrons. The van der Waals surface area contributed by atoms with Crippen LogP contribution in [0.3, 0.4) is 0 Å². The number of hydrogen-bond acceptors (Lipinski definition) is 6. The number of piperazine rings is 1. The van der Waals surface area contributed by atoms with Gasteiger partial charge in [-0.15, -0.1) is 0 Å². The highest BCUT2D eigenvalue weighted by Gasteiger charge is 2.60. The summed E-state index contributed by atoms with van der Waals surface area (Å²) >= 11 is 6.12. The van der Waals surface area contributed by atoms with E-state index in [0.717, 1.165) is 12.0 Å². The van der Waals surface area contributed by atoms with Crippen molar-refractivity contribution < 1.29 is 27.5 Å². The fourth-order valence-electron chi connectivity index (χ4n) is 5.53. The van der Waals surface area contributed by atoms with Gasteiger partial charge in [-0.3, -0.25) is 9.59 Å². The smallest absolute Gasteiger partial charge is 0.240 e. The first-order valence-corrected chi connectivity index (χ1v) is 15.5. The van der Waals surface area contributed by atoms with Crippen molar-refractivity contribution in [2.75, 3.05) is 46.4 Å². The Balaban J connectivity index is 0.00000205. The number of nitrogens with zero attached hydrogens (tertiary/aromatic N) is 3. The molecule has 4 rings (SSSR count). The number of fused-ring (bicyclic) bond motifs is 1. The van der Waals surface area contributed by atoms with E-state index in [2.05, 4.69) is 0 Å². The van der Waals surface area contributed by atoms with E-state index in [0.29, 0.717) is 49.5 Å². The normalized spacial score (nSPS) is 23.5. The van der Waals surface area contributed by atoms with Crippen molar-refractivity contribution in [2.24, 2.45) is 0 Å². The number of carbonyl (C=O) groups excluding carboxylic acids is 2. The molecule has 0 aliphatic carbocycles. The molecule has 218 valence electrons. The van der Waals surface area contributed by atoms with Gasteiger partial charge in [0.05, 0.1) is 36.7 Å². The zero-order valence-electron chi connectivity index (χ0n) is 24.0. The lowest BCUT2D eigenvalue weighted by molar-refractivity contribution is -0.197. The second kappa shape index (κ2) is 12.7. The molecule has 0 saturated carbocycles. The summed E-state index contributed by atoms with van der Waals surface area (Å²) in [5.41, 5.74) is -0.273. The first-order chi connectivity index (χ1) is 18.4. The summed E-state index contributed by atoms with van der Waals surface area (Å²) in [4.78, 5) is 29.3. The van der Waals surface area contributed by atoms with Crippen LogP contribution < -0.4 is 0 Å². The number of piperidine rings is 1. The monoisotopic (exact) mass is 583 g/mol. The first kappa shape index (κ1) is 31.5. The Hall–Kier alpha value is -1.98. The summed E-state index contributed by atoms with van der Waals surface area (Å²) in [7, 11) is -2.46. The second-order valence-corrected chi connectivity index (χ2v) is 12.9. The molecule has 3 fully saturated rings. The van der Waals surface area contributed by atoms with Gasteiger partial charge in [0, 0.05) is 31.6 Å². The molecule has 39 heavy (non-hydrogen) atoms. The Labute approximate surface area is 238 Å². The van der Waals surface area contributed by atoms with Crippen molar-refractivity contribution in [1.29, 1.82) is 0 Å². The van der Waals surface area contributed by atoms with Crippen molar-refractivity contribution in [3.63, 3.8) is 0 Å². The number of sulfonamides is 1. The van der Waals surface area contributed by atoms with Crippen LogP contribution in [0.2, 0.25) is 5.02 Å². The zero-order chi connectivity index (χ0) is 29.0. The molecule has 1 aromatic carbocycles. The number of benzene rings is 1. The van der Waals surface area contributed by atoms with Crippen LogP contribution in [0.5, 0.6) is 0 Å². The number of aryl methyl sites for hydroxylation is 1. The van der Waals surface area contributed by atoms with Gasteiger partial charge in [-0.25, -0.2) is 8.42 Å². The number of carbonyl (C=O) groups is 2. The maximum absolute atomic E-state index is 13.6. The molecule has 3 aliphatic heterocycles. The lowest BCUT2D eigenvalue weighted by Crippen LogP contribution is -2.65. The van der Waals surface area contributed by atoms with Crippen molar-refractivity contribution in [1.82, 2.24) is 14.1 Å². The predicted octanol–water partition coefficient (Wildman–Crippen LogP) is 4.04. The van der Waals surface area contributed by atoms with Crippen LogP contribution in [0.1, 0.15) is 64.5 Å². The van der Waals surface area contributed by atoms with Crippen LogP contribution in [-0.4, -0.2) is 92.1 Å². The number of methoxy groups -OCH3 is 1. The molecule has 1 aromatic rings. The summed E-state index contributed by atoms with van der Waals surface area (Å²) < 4.78 is 40.6. The van der Waals surface area contributed by atoms with Crippen LogP contribution in [0.25, 0.3) is 6.08 Å². The quantitative estimate of drug-likeness (QED) is 0.481. The standard InChI is InChI=1S/C26H36ClN3O6S.C2H6/c1-5-6-23(31)28-11-9-25(10-12-28)16-30-24(32)15-29(17-26(30,36-25)18-35-4)37(33,34)20(3)13-21-14-22(27)8-7-19(21)2;1-2/h7-8,13-14H,5-6,9-12,15-18H2,1-4H3;1-2H3/b20-13+;. The highest BCUT2D eigenvalue weighted by Crippen LogP contribution is 2.44. The minimum Gasteiger partial charge on any atom is -0.380 e. The highest BCUT2D eigenvalue weighted by atomic mass is 35.5. The third kappa shape index (κ3) is 6.51. The Morgan fingerprint density at radius 2 is 1.87 bits per heavy atom. The summed E-state index contributed by atoms with van der Waals surface area (Å²) in [6.07, 6.45) is 4.05. The molecule has 0 bridgehead atoms. The topological polar surface area (TPSA) is 96.5 Å². The number of rotatable bonds is 7. The minimum atomic E-state index is -3.97. The molecule has 3 aliphatic rings. The van der Waals surface area contributed by atoms with Crippen LogP contribution in [-0.2, 0) is 29.1 Å². The van der Waals surface area contributed by atoms with Crippen molar-refractivity contribution in [3.05, 3.63) is 39.3 Å². The van der Waals surface area contributed by atoms with Gasteiger partial charge in [-0.05, 0) is 62.4 Å². The fourth-order valence-corrected chi connectivity index (χ4v) is 7.05. The Morgan fingerprint density at radius 3 is 2.49 bits per heavy atom. The van der Waals surface area contributed by atoms with E-state index >= 15 is 0 Å². The molecule has 1 spiro atoms. The van der Waals surface area contributed by atoms with E-state index < -0.39 is 21.3 Å². The Morgan fingerprint density at radius 1 is 1.21 bits per heavy atom. The molecule has 3 heterocycles. The van der Waals surface area contributed by atoms with Gasteiger partial charge in [0.1, 0.15) is 0 Å². The zero-order valence-corrected chi connectivity index (χ0v) is 25.5. The van der Waals surface area contributed by atoms with Gasteiger partial charge in [-0.1, -0.05) is 38.4 Å². The van der Waals surface area contributed by atoms with Crippen molar-refractivity contribution >= 4 is 39.5 Å². The number of ether oxygens (including phenoxy) is 2. The maximum atomic E-state index is 13.6. The first-order valence-electron chi connectivity index (χ1n) is 13.7. The van der Waals surface area contributed by atoms with Gasteiger partial charge in [0.2, 0.25) is 21.8 Å². The maximum Gasteiger partial charge on any atom is 0.240 e. The molecular formula is C28H42ClN3O6S. The van der Waals surface area contributed by atoms with Gasteiger partial charge >= 0.3 is 0 Å². The lowest BCUT2D eigenvalue weighted by atomic mass is 9.91. The van der Waals surface area contributed by atoms with Crippen molar-refractivity contribution in [3.8, 4) is 0 Å². The van der Waals surface area contributed by atoms with Crippen LogP contribution in [0, 0.1) is 6.92 Å². The average Bonchev–Trinajstić information content (AvgIpc) is 3.22. The largest absolute Gasteiger partial charge is 0.380 e. The van der Waals surface area contributed by atoms with Gasteiger partial charge < -0.3 is 19.3 Å². The van der Waals surface area contributed by atoms with Crippen LogP contribution >= 0.6 is 11.6 Å². The molecule has 1 unspecified atom stereocenters. The molecule has 11 heteroatoms. The molecule has 9 nitrogen and oxygen atoms in total. The third-order valence-electron chi connectivity index (χ3n) is 7.59. The SMILES string of the molecule is CC.CCCC(=O)N1CCC2(CC1)CN1C(=O)CN(S(=O)(=O)/C(C)=C/c3cc(Cl)ccc3C)CC1(COC)O2. The molecular weight excluding hydrogens is 542 g/mol. The molecule has 0 N–H and O–H groups in total. The van der Waals surface area contributed by atoms with Crippen LogP contribution in [0.15, 0.2) is 23.1 Å². The summed E-state index contributed by atoms with van der Waals surface area (Å²) in [6, 6.07) is 5.30. The number of hydrogen-bond donors (Lipinski definition) is 0. The lowest BCUT2D eigenvalue weighted by Gasteiger charge is -2.44. The fraction of sp³-hybridized carbons (Fsp3) is 0.643. The van der Waals surface area contributed by atoms with E-state index in [-0.39, 0.29) is 36.4 Å². The highest BCUT2D eigenvalue weighted by molar-refractivity contribution is 7.93. The van der Waals surface area contributed by atoms with E-state index in [1.807, 2.05) is 38.7 Å².